The Balaban J connectivity index is 1.71. The summed E-state index contributed by atoms with van der Waals surface area (Å²) < 4.78 is 0. The zero-order valence-electron chi connectivity index (χ0n) is 17.3. The first-order chi connectivity index (χ1) is 14.4. The second kappa shape index (κ2) is 9.86. The van der Waals surface area contributed by atoms with Gasteiger partial charge in [0.05, 0.1) is 5.69 Å². The molecule has 0 radical (unpaired) electrons. The van der Waals surface area contributed by atoms with Gasteiger partial charge in [-0.3, -0.25) is 4.79 Å². The van der Waals surface area contributed by atoms with Crippen LogP contribution < -0.4 is 10.6 Å². The SMILES string of the molecule is CC(=O)Nc1ccc(N/C=C(\C#N)c2nc(-c3ccc(CC(C)C)cc3)cs2)cc1. The Bertz CT molecular complexity index is 1070. The van der Waals surface area contributed by atoms with E-state index in [4.69, 9.17) is 0 Å². The van der Waals surface area contributed by atoms with Crippen LogP contribution in [0.5, 0.6) is 0 Å². The molecule has 6 heteroatoms. The molecule has 5 nitrogen and oxygen atoms in total. The van der Waals surface area contributed by atoms with E-state index in [1.54, 1.807) is 18.3 Å². The maximum atomic E-state index is 11.1. The highest BCUT2D eigenvalue weighted by Gasteiger charge is 2.09. The van der Waals surface area contributed by atoms with Crippen molar-refractivity contribution in [2.45, 2.75) is 27.2 Å². The van der Waals surface area contributed by atoms with Crippen molar-refractivity contribution >= 4 is 34.2 Å². The highest BCUT2D eigenvalue weighted by molar-refractivity contribution is 7.11. The van der Waals surface area contributed by atoms with E-state index >= 15 is 0 Å². The number of carbonyl (C=O) groups excluding carboxylic acids is 1. The molecule has 0 saturated carbocycles. The second-order valence-corrected chi connectivity index (χ2v) is 8.26. The summed E-state index contributed by atoms with van der Waals surface area (Å²) >= 11 is 1.45. The molecule has 0 spiro atoms. The Kier molecular flexibility index (Phi) is 6.99. The molecule has 3 aromatic rings. The monoisotopic (exact) mass is 416 g/mol. The first-order valence-electron chi connectivity index (χ1n) is 9.74. The third-order valence-corrected chi connectivity index (χ3v) is 5.21. The van der Waals surface area contributed by atoms with Crippen LogP contribution in [0.25, 0.3) is 16.8 Å². The van der Waals surface area contributed by atoms with Gasteiger partial charge in [0.1, 0.15) is 16.6 Å². The molecule has 0 aliphatic heterocycles. The molecule has 0 fully saturated rings. The summed E-state index contributed by atoms with van der Waals surface area (Å²) in [4.78, 5) is 15.7. The van der Waals surface area contributed by atoms with Crippen LogP contribution in [0, 0.1) is 17.2 Å². The predicted octanol–water partition coefficient (Wildman–Crippen LogP) is 5.94. The lowest BCUT2D eigenvalue weighted by Gasteiger charge is -2.05. The summed E-state index contributed by atoms with van der Waals surface area (Å²) in [6.07, 6.45) is 2.71. The lowest BCUT2D eigenvalue weighted by atomic mass is 10.0. The normalized spacial score (nSPS) is 11.2. The average molecular weight is 417 g/mol. The van der Waals surface area contributed by atoms with E-state index in [1.807, 2.05) is 17.5 Å². The van der Waals surface area contributed by atoms with E-state index in [0.29, 0.717) is 16.5 Å². The van der Waals surface area contributed by atoms with Gasteiger partial charge in [0.25, 0.3) is 0 Å². The number of allylic oxidation sites excluding steroid dienone is 1. The van der Waals surface area contributed by atoms with E-state index in [-0.39, 0.29) is 5.91 Å². The number of benzene rings is 2. The minimum absolute atomic E-state index is 0.114. The summed E-state index contributed by atoms with van der Waals surface area (Å²) in [5.74, 6) is 0.510. The Labute approximate surface area is 181 Å². The fourth-order valence-corrected chi connectivity index (χ4v) is 3.76. The Morgan fingerprint density at radius 2 is 1.80 bits per heavy atom. The van der Waals surface area contributed by atoms with Gasteiger partial charge in [0.2, 0.25) is 5.91 Å². The highest BCUT2D eigenvalue weighted by Crippen LogP contribution is 2.27. The molecule has 0 unspecified atom stereocenters. The number of nitrogens with one attached hydrogen (secondary N) is 2. The lowest BCUT2D eigenvalue weighted by molar-refractivity contribution is -0.114. The maximum Gasteiger partial charge on any atom is 0.221 e. The number of thiazole rings is 1. The topological polar surface area (TPSA) is 77.8 Å². The molecule has 0 saturated heterocycles. The number of anilines is 2. The van der Waals surface area contributed by atoms with Crippen LogP contribution in [0.3, 0.4) is 0 Å². The number of hydrogen-bond acceptors (Lipinski definition) is 5. The largest absolute Gasteiger partial charge is 0.360 e. The van der Waals surface area contributed by atoms with Crippen molar-refractivity contribution in [2.75, 3.05) is 10.6 Å². The van der Waals surface area contributed by atoms with Crippen LogP contribution in [0.15, 0.2) is 60.1 Å². The van der Waals surface area contributed by atoms with Crippen molar-refractivity contribution in [1.82, 2.24) is 4.98 Å². The molecule has 1 amide bonds. The van der Waals surface area contributed by atoms with Crippen LogP contribution in [0.1, 0.15) is 31.3 Å². The molecule has 152 valence electrons. The summed E-state index contributed by atoms with van der Waals surface area (Å²) in [6, 6.07) is 17.9. The van der Waals surface area contributed by atoms with Crippen molar-refractivity contribution < 1.29 is 4.79 Å². The smallest absolute Gasteiger partial charge is 0.221 e. The van der Waals surface area contributed by atoms with Gasteiger partial charge in [-0.05, 0) is 42.2 Å². The van der Waals surface area contributed by atoms with E-state index in [1.165, 1.54) is 23.8 Å². The summed E-state index contributed by atoms with van der Waals surface area (Å²) in [5.41, 5.74) is 5.23. The van der Waals surface area contributed by atoms with Gasteiger partial charge in [-0.1, -0.05) is 38.1 Å². The number of nitrogens with zero attached hydrogens (tertiary/aromatic N) is 2. The van der Waals surface area contributed by atoms with Crippen LogP contribution in [0.2, 0.25) is 0 Å². The zero-order chi connectivity index (χ0) is 21.5. The average Bonchev–Trinajstić information content (AvgIpc) is 3.19. The third kappa shape index (κ3) is 5.79. The van der Waals surface area contributed by atoms with Crippen molar-refractivity contribution in [3.8, 4) is 17.3 Å². The zero-order valence-corrected chi connectivity index (χ0v) is 18.1. The highest BCUT2D eigenvalue weighted by atomic mass is 32.1. The van der Waals surface area contributed by atoms with Crippen molar-refractivity contribution in [3.05, 3.63) is 70.7 Å². The van der Waals surface area contributed by atoms with Gasteiger partial charge in [-0.25, -0.2) is 4.98 Å². The van der Waals surface area contributed by atoms with E-state index < -0.39 is 0 Å². The molecule has 0 aliphatic carbocycles. The van der Waals surface area contributed by atoms with Crippen molar-refractivity contribution in [3.63, 3.8) is 0 Å². The Morgan fingerprint density at radius 1 is 1.13 bits per heavy atom. The first kappa shape index (κ1) is 21.3. The second-order valence-electron chi connectivity index (χ2n) is 7.41. The molecule has 30 heavy (non-hydrogen) atoms. The molecule has 2 N–H and O–H groups in total. The van der Waals surface area contributed by atoms with Crippen molar-refractivity contribution in [1.29, 1.82) is 5.26 Å². The molecule has 1 heterocycles. The quantitative estimate of drug-likeness (QED) is 0.467. The third-order valence-electron chi connectivity index (χ3n) is 4.34. The number of hydrogen-bond donors (Lipinski definition) is 2. The predicted molar refractivity (Wildman–Crippen MR) is 124 cm³/mol. The molecule has 0 bridgehead atoms. The van der Waals surface area contributed by atoms with Crippen molar-refractivity contribution in [2.24, 2.45) is 5.92 Å². The fraction of sp³-hybridized carbons (Fsp3) is 0.208. The van der Waals surface area contributed by atoms with E-state index in [2.05, 4.69) is 59.8 Å². The maximum absolute atomic E-state index is 11.1. The first-order valence-corrected chi connectivity index (χ1v) is 10.6. The molecule has 0 aliphatic rings. The van der Waals surface area contributed by atoms with Crippen LogP contribution >= 0.6 is 11.3 Å². The van der Waals surface area contributed by atoms with Gasteiger partial charge in [0, 0.05) is 35.4 Å². The molecule has 0 atom stereocenters. The van der Waals surface area contributed by atoms with Gasteiger partial charge >= 0.3 is 0 Å². The van der Waals surface area contributed by atoms with E-state index in [0.717, 1.165) is 29.1 Å². The molecule has 2 aromatic carbocycles. The number of carbonyl (C=O) groups is 1. The van der Waals surface area contributed by atoms with E-state index in [9.17, 15) is 10.1 Å². The van der Waals surface area contributed by atoms with Gasteiger partial charge in [-0.2, -0.15) is 5.26 Å². The lowest BCUT2D eigenvalue weighted by Crippen LogP contribution is -2.05. The number of rotatable bonds is 7. The summed E-state index contributed by atoms with van der Waals surface area (Å²) in [5, 5.41) is 18.0. The minimum atomic E-state index is -0.114. The van der Waals surface area contributed by atoms with Gasteiger partial charge < -0.3 is 10.6 Å². The van der Waals surface area contributed by atoms with Gasteiger partial charge in [-0.15, -0.1) is 11.3 Å². The summed E-state index contributed by atoms with van der Waals surface area (Å²) in [6.45, 7) is 5.89. The standard InChI is InChI=1S/C24H24N4OS/c1-16(2)12-18-4-6-19(7-5-18)23-15-30-24(28-23)20(13-25)14-26-21-8-10-22(11-9-21)27-17(3)29/h4-11,14-16,26H,12H2,1-3H3,(H,27,29)/b20-14+. The fourth-order valence-electron chi connectivity index (χ4n) is 2.96. The summed E-state index contributed by atoms with van der Waals surface area (Å²) in [7, 11) is 0. The Morgan fingerprint density at radius 3 is 2.40 bits per heavy atom. The molecule has 3 rings (SSSR count). The number of nitriles is 1. The van der Waals surface area contributed by atoms with Crippen LogP contribution in [-0.2, 0) is 11.2 Å². The number of aromatic nitrogens is 1. The molecular formula is C24H24N4OS. The van der Waals surface area contributed by atoms with Gasteiger partial charge in [0.15, 0.2) is 0 Å². The number of amides is 1. The Hall–Kier alpha value is -3.43. The van der Waals surface area contributed by atoms with Crippen LogP contribution in [0.4, 0.5) is 11.4 Å². The molecular weight excluding hydrogens is 392 g/mol. The minimum Gasteiger partial charge on any atom is -0.360 e. The molecule has 1 aromatic heterocycles. The van der Waals surface area contributed by atoms with Crippen LogP contribution in [-0.4, -0.2) is 10.9 Å².